The molecule has 0 aliphatic rings. The maximum atomic E-state index is 12.7. The summed E-state index contributed by atoms with van der Waals surface area (Å²) in [6, 6.07) is 11.0. The molecule has 0 aliphatic heterocycles. The number of aromatic nitrogens is 3. The Labute approximate surface area is 146 Å². The number of hydrogen-bond donors (Lipinski definition) is 2. The molecule has 0 saturated carbocycles. The first kappa shape index (κ1) is 16.1. The maximum absolute atomic E-state index is 12.7. The molecule has 0 aliphatic carbocycles. The quantitative estimate of drug-likeness (QED) is 0.311. The number of fused-ring (bicyclic) bond motifs is 1. The second-order valence-electron chi connectivity index (χ2n) is 4.63. The number of nitrogens with one attached hydrogen (secondary N) is 2. The van der Waals surface area contributed by atoms with Crippen LogP contribution in [0.15, 0.2) is 68.7 Å². The molecule has 7 nitrogen and oxygen atoms in total. The first-order chi connectivity index (χ1) is 11.6. The van der Waals surface area contributed by atoms with Crippen molar-refractivity contribution in [3.63, 3.8) is 0 Å². The summed E-state index contributed by atoms with van der Waals surface area (Å²) in [6.45, 7) is 0. The number of hydrogen-bond acceptors (Lipinski definition) is 5. The molecule has 0 atom stereocenters. The molecule has 0 unspecified atom stereocenters. The fraction of sp³-hybridized carbons (Fsp3) is 0. The molecule has 0 spiro atoms. The Balaban J connectivity index is 2.12. The molecule has 0 amide bonds. The monoisotopic (exact) mass is 357 g/mol. The average Bonchev–Trinajstić information content (AvgIpc) is 2.58. The molecule has 0 bridgehead atoms. The number of aromatic amines is 1. The zero-order valence-corrected chi connectivity index (χ0v) is 14.0. The number of nitrogens with two attached hydrogens (primary N) is 1. The summed E-state index contributed by atoms with van der Waals surface area (Å²) in [4.78, 5) is 20.4. The number of nitrogens with zero attached hydrogens (tertiary/aromatic N) is 3. The topological polar surface area (TPSA) is 98.9 Å². The van der Waals surface area contributed by atoms with E-state index in [1.54, 1.807) is 24.5 Å². The van der Waals surface area contributed by atoms with E-state index in [2.05, 4.69) is 20.5 Å². The third-order valence-corrected chi connectivity index (χ3v) is 4.06. The number of thiocarbonyl (C=S) groups is 1. The molecule has 3 rings (SSSR count). The van der Waals surface area contributed by atoms with Crippen LogP contribution in [-0.4, -0.2) is 20.7 Å². The van der Waals surface area contributed by atoms with E-state index in [1.165, 1.54) is 22.4 Å². The lowest BCUT2D eigenvalue weighted by atomic mass is 10.3. The Bertz CT molecular complexity index is 971. The zero-order chi connectivity index (χ0) is 16.9. The second kappa shape index (κ2) is 7.20. The van der Waals surface area contributed by atoms with Crippen molar-refractivity contribution in [3.8, 4) is 0 Å². The first-order valence-electron chi connectivity index (χ1n) is 6.89. The van der Waals surface area contributed by atoms with Gasteiger partial charge in [0.25, 0.3) is 5.56 Å². The van der Waals surface area contributed by atoms with Crippen LogP contribution < -0.4 is 21.7 Å². The lowest BCUT2D eigenvalue weighted by Gasteiger charge is -2.06. The van der Waals surface area contributed by atoms with Crippen molar-refractivity contribution in [3.05, 3.63) is 64.7 Å². The molecular weight excluding hydrogens is 344 g/mol. The van der Waals surface area contributed by atoms with Crippen molar-refractivity contribution in [2.24, 2.45) is 10.8 Å². The van der Waals surface area contributed by atoms with Gasteiger partial charge in [-0.3, -0.25) is 14.6 Å². The number of H-pyrrole nitrogens is 1. The molecule has 0 radical (unpaired) electrons. The molecule has 120 valence electrons. The van der Waals surface area contributed by atoms with Crippen molar-refractivity contribution < 1.29 is 4.98 Å². The van der Waals surface area contributed by atoms with Gasteiger partial charge >= 0.3 is 0 Å². The van der Waals surface area contributed by atoms with Crippen molar-refractivity contribution >= 4 is 41.0 Å². The van der Waals surface area contributed by atoms with Crippen LogP contribution in [0.4, 0.5) is 0 Å². The number of hydrazone groups is 1. The normalized spacial score (nSPS) is 11.0. The van der Waals surface area contributed by atoms with E-state index in [4.69, 9.17) is 18.0 Å². The largest absolute Gasteiger partial charge is 0.375 e. The van der Waals surface area contributed by atoms with Crippen molar-refractivity contribution in [2.45, 2.75) is 10.1 Å². The fourth-order valence-corrected chi connectivity index (χ4v) is 2.90. The van der Waals surface area contributed by atoms with Gasteiger partial charge in [-0.05, 0) is 30.4 Å². The van der Waals surface area contributed by atoms with Crippen LogP contribution in [0.25, 0.3) is 5.65 Å². The number of pyridine rings is 2. The highest BCUT2D eigenvalue weighted by Gasteiger charge is 2.15. The predicted molar refractivity (Wildman–Crippen MR) is 96.1 cm³/mol. The molecule has 4 N–H and O–H groups in total. The van der Waals surface area contributed by atoms with Crippen molar-refractivity contribution in [1.82, 2.24) is 14.8 Å². The van der Waals surface area contributed by atoms with Crippen molar-refractivity contribution in [2.75, 3.05) is 0 Å². The minimum absolute atomic E-state index is 0.0192. The van der Waals surface area contributed by atoms with Gasteiger partial charge in [-0.25, -0.2) is 9.97 Å². The van der Waals surface area contributed by atoms with Crippen molar-refractivity contribution in [1.29, 1.82) is 0 Å². The van der Waals surface area contributed by atoms with Gasteiger partial charge in [-0.2, -0.15) is 5.10 Å². The summed E-state index contributed by atoms with van der Waals surface area (Å²) in [7, 11) is 0. The molecule has 9 heteroatoms. The van der Waals surface area contributed by atoms with Crippen LogP contribution in [0.3, 0.4) is 0 Å². The Morgan fingerprint density at radius 2 is 2.21 bits per heavy atom. The molecule has 0 fully saturated rings. The molecule has 3 aromatic rings. The maximum Gasteiger partial charge on any atom is 0.267 e. The predicted octanol–water partition coefficient (Wildman–Crippen LogP) is 0.827. The van der Waals surface area contributed by atoms with Crippen LogP contribution in [0.1, 0.15) is 5.56 Å². The number of rotatable bonds is 4. The fourth-order valence-electron chi connectivity index (χ4n) is 1.98. The summed E-state index contributed by atoms with van der Waals surface area (Å²) in [5, 5.41) is 5.29. The van der Waals surface area contributed by atoms with Gasteiger partial charge in [-0.1, -0.05) is 6.07 Å². The van der Waals surface area contributed by atoms with Crippen LogP contribution in [-0.2, 0) is 0 Å². The van der Waals surface area contributed by atoms with Crippen LogP contribution >= 0.6 is 24.0 Å². The van der Waals surface area contributed by atoms with Gasteiger partial charge in [0.1, 0.15) is 10.7 Å². The van der Waals surface area contributed by atoms with Gasteiger partial charge in [0.05, 0.1) is 11.8 Å². The minimum Gasteiger partial charge on any atom is -0.375 e. The summed E-state index contributed by atoms with van der Waals surface area (Å²) in [5.74, 6) is 0. The molecule has 0 saturated heterocycles. The lowest BCUT2D eigenvalue weighted by Crippen LogP contribution is -2.26. The Kier molecular flexibility index (Phi) is 4.82. The van der Waals surface area contributed by atoms with Gasteiger partial charge in [0.2, 0.25) is 5.03 Å². The summed E-state index contributed by atoms with van der Waals surface area (Å²) >= 11 is 6.04. The summed E-state index contributed by atoms with van der Waals surface area (Å²) in [5.41, 5.74) is 8.45. The standard InChI is InChI=1S/C15H12N6OS2/c16-15(23)20-18-9-10-13(24-12-6-1-3-7-17-12)19-11-5-2-4-8-21(11)14(10)22/h1-9H,(H3,16,20,23)/p+1/b18-9+. The average molecular weight is 357 g/mol. The van der Waals surface area contributed by atoms with E-state index in [0.717, 1.165) is 5.03 Å². The highest BCUT2D eigenvalue weighted by molar-refractivity contribution is 7.99. The van der Waals surface area contributed by atoms with Gasteiger partial charge in [-0.15, -0.1) is 0 Å². The van der Waals surface area contributed by atoms with Crippen LogP contribution in [0.2, 0.25) is 0 Å². The van der Waals surface area contributed by atoms with Crippen LogP contribution in [0, 0.1) is 0 Å². The zero-order valence-electron chi connectivity index (χ0n) is 12.3. The second-order valence-corrected chi connectivity index (χ2v) is 6.10. The Hall–Kier alpha value is -2.78. The lowest BCUT2D eigenvalue weighted by molar-refractivity contribution is -0.426. The Morgan fingerprint density at radius 3 is 2.96 bits per heavy atom. The molecular formula is C15H13N6OS2+. The van der Waals surface area contributed by atoms with Gasteiger partial charge < -0.3 is 5.73 Å². The first-order valence-corrected chi connectivity index (χ1v) is 8.12. The highest BCUT2D eigenvalue weighted by Crippen LogP contribution is 2.23. The summed E-state index contributed by atoms with van der Waals surface area (Å²) in [6.07, 6.45) is 4.84. The van der Waals surface area contributed by atoms with Gasteiger partial charge in [0.15, 0.2) is 11.3 Å². The van der Waals surface area contributed by atoms with Gasteiger partial charge in [0, 0.05) is 30.1 Å². The van der Waals surface area contributed by atoms with E-state index in [1.807, 2.05) is 24.3 Å². The highest BCUT2D eigenvalue weighted by atomic mass is 32.2. The van der Waals surface area contributed by atoms with E-state index in [9.17, 15) is 4.79 Å². The van der Waals surface area contributed by atoms with E-state index < -0.39 is 0 Å². The smallest absolute Gasteiger partial charge is 0.267 e. The molecule has 24 heavy (non-hydrogen) atoms. The molecule has 0 aromatic carbocycles. The third kappa shape index (κ3) is 3.58. The van der Waals surface area contributed by atoms with E-state index in [0.29, 0.717) is 16.2 Å². The van der Waals surface area contributed by atoms with Crippen LogP contribution in [0.5, 0.6) is 0 Å². The SMILES string of the molecule is NC(=S)N/N=C/c1c(Sc2cccc[nH+]2)nc2ccccn2c1=O. The van der Waals surface area contributed by atoms with E-state index >= 15 is 0 Å². The minimum atomic E-state index is -0.229. The van der Waals surface area contributed by atoms with E-state index in [-0.39, 0.29) is 10.7 Å². The Morgan fingerprint density at radius 1 is 1.38 bits per heavy atom. The summed E-state index contributed by atoms with van der Waals surface area (Å²) < 4.78 is 1.46. The molecule has 3 aromatic heterocycles. The molecule has 3 heterocycles. The third-order valence-electron chi connectivity index (χ3n) is 2.99.